The smallest absolute Gasteiger partial charge is 0.299 e. The zero-order valence-electron chi connectivity index (χ0n) is 14.7. The lowest BCUT2D eigenvalue weighted by atomic mass is 9.70. The van der Waals surface area contributed by atoms with Gasteiger partial charge in [0.2, 0.25) is 10.0 Å². The molecule has 1 aliphatic heterocycles. The summed E-state index contributed by atoms with van der Waals surface area (Å²) in [7, 11) is -3.44. The van der Waals surface area contributed by atoms with Gasteiger partial charge in [-0.1, -0.05) is 27.2 Å². The molecule has 24 heavy (non-hydrogen) atoms. The summed E-state index contributed by atoms with van der Waals surface area (Å²) in [6, 6.07) is -0.203. The average Bonchev–Trinajstić information content (AvgIpc) is 2.81. The minimum absolute atomic E-state index is 0.0118. The largest absolute Gasteiger partial charge is 0.460 e. The van der Waals surface area contributed by atoms with E-state index in [-0.39, 0.29) is 34.9 Å². The van der Waals surface area contributed by atoms with Gasteiger partial charge in [-0.05, 0) is 43.4 Å². The number of sulfonamides is 1. The number of hydrogen-bond donors (Lipinski definition) is 2. The molecule has 2 unspecified atom stereocenters. The second-order valence-corrected chi connectivity index (χ2v) is 10.7. The minimum Gasteiger partial charge on any atom is -0.460 e. The van der Waals surface area contributed by atoms with E-state index in [1.165, 1.54) is 0 Å². The van der Waals surface area contributed by atoms with Crippen LogP contribution in [0.5, 0.6) is 0 Å². The van der Waals surface area contributed by atoms with Crippen molar-refractivity contribution in [3.8, 4) is 0 Å². The van der Waals surface area contributed by atoms with Crippen molar-refractivity contribution in [3.63, 3.8) is 0 Å². The Morgan fingerprint density at radius 3 is 2.58 bits per heavy atom. The van der Waals surface area contributed by atoms with Crippen molar-refractivity contribution >= 4 is 16.0 Å². The van der Waals surface area contributed by atoms with Gasteiger partial charge in [-0.25, -0.2) is 18.1 Å². The predicted octanol–water partition coefficient (Wildman–Crippen LogP) is 1.79. The quantitative estimate of drug-likeness (QED) is 0.750. The topological polar surface area (TPSA) is 88.0 Å². The van der Waals surface area contributed by atoms with Crippen LogP contribution >= 0.6 is 0 Å². The first-order valence-corrected chi connectivity index (χ1v) is 10.7. The van der Waals surface area contributed by atoms with Crippen LogP contribution in [0, 0.1) is 16.7 Å². The predicted molar refractivity (Wildman–Crippen MR) is 91.0 cm³/mol. The molecule has 4 aliphatic rings. The molecule has 1 saturated heterocycles. The highest BCUT2D eigenvalue weighted by atomic mass is 32.2. The summed E-state index contributed by atoms with van der Waals surface area (Å²) in [6.45, 7) is 6.51. The van der Waals surface area contributed by atoms with Gasteiger partial charge in [0.25, 0.3) is 6.02 Å². The number of amidine groups is 1. The van der Waals surface area contributed by atoms with Crippen LogP contribution < -0.4 is 4.72 Å². The third-order valence-electron chi connectivity index (χ3n) is 7.56. The number of fused-ring (bicyclic) bond motifs is 3. The van der Waals surface area contributed by atoms with Crippen LogP contribution in [0.15, 0.2) is 4.99 Å². The Bertz CT molecular complexity index is 674. The SMILES string of the molecule is CC1(C)[C@@H]2CC[C@@]1(C)[C@H](O)[C@H]2N=C1NS(=O)(=O)C2CCCCC2O1. The van der Waals surface area contributed by atoms with Crippen LogP contribution in [0.4, 0.5) is 0 Å². The highest BCUT2D eigenvalue weighted by molar-refractivity contribution is 7.90. The highest BCUT2D eigenvalue weighted by Gasteiger charge is 2.66. The van der Waals surface area contributed by atoms with Crippen molar-refractivity contribution in [1.82, 2.24) is 4.72 Å². The fraction of sp³-hybridized carbons (Fsp3) is 0.941. The molecule has 0 amide bonds. The number of nitrogens with one attached hydrogen (secondary N) is 1. The van der Waals surface area contributed by atoms with E-state index in [1.807, 2.05) is 0 Å². The summed E-state index contributed by atoms with van der Waals surface area (Å²) in [5, 5.41) is 10.4. The molecule has 4 fully saturated rings. The molecule has 3 saturated carbocycles. The summed E-state index contributed by atoms with van der Waals surface area (Å²) >= 11 is 0. The van der Waals surface area contributed by atoms with Crippen LogP contribution in [0.2, 0.25) is 0 Å². The molecule has 0 aromatic carbocycles. The molecule has 136 valence electrons. The molecule has 3 aliphatic carbocycles. The maximum absolute atomic E-state index is 12.5. The molecule has 2 bridgehead atoms. The fourth-order valence-corrected chi connectivity index (χ4v) is 7.12. The van der Waals surface area contributed by atoms with Gasteiger partial charge in [0.1, 0.15) is 11.4 Å². The molecular weight excluding hydrogens is 328 g/mol. The maximum atomic E-state index is 12.5. The van der Waals surface area contributed by atoms with Crippen LogP contribution in [0.3, 0.4) is 0 Å². The summed E-state index contributed by atoms with van der Waals surface area (Å²) in [5.74, 6) is 0.252. The number of aliphatic hydroxyl groups is 1. The second kappa shape index (κ2) is 5.10. The lowest BCUT2D eigenvalue weighted by Gasteiger charge is -2.37. The van der Waals surface area contributed by atoms with E-state index in [0.29, 0.717) is 6.42 Å². The Morgan fingerprint density at radius 2 is 1.92 bits per heavy atom. The van der Waals surface area contributed by atoms with Crippen LogP contribution in [-0.2, 0) is 14.8 Å². The third-order valence-corrected chi connectivity index (χ3v) is 9.36. The molecule has 7 heteroatoms. The number of rotatable bonds is 1. The van der Waals surface area contributed by atoms with Crippen molar-refractivity contribution < 1.29 is 18.3 Å². The molecule has 1 heterocycles. The summed E-state index contributed by atoms with van der Waals surface area (Å²) in [4.78, 5) is 4.58. The second-order valence-electron chi connectivity index (χ2n) is 8.78. The van der Waals surface area contributed by atoms with E-state index >= 15 is 0 Å². The van der Waals surface area contributed by atoms with E-state index in [1.54, 1.807) is 0 Å². The molecule has 0 aromatic rings. The normalized spacial score (nSPS) is 50.2. The third kappa shape index (κ3) is 2.09. The van der Waals surface area contributed by atoms with Gasteiger partial charge in [-0.3, -0.25) is 0 Å². The summed E-state index contributed by atoms with van der Waals surface area (Å²) < 4.78 is 33.4. The summed E-state index contributed by atoms with van der Waals surface area (Å²) in [5.41, 5.74) is -0.185. The average molecular weight is 356 g/mol. The van der Waals surface area contributed by atoms with Gasteiger partial charge in [0, 0.05) is 5.41 Å². The number of aliphatic imine (C=N–C) groups is 1. The number of aliphatic hydroxyl groups excluding tert-OH is 1. The van der Waals surface area contributed by atoms with Gasteiger partial charge < -0.3 is 9.84 Å². The van der Waals surface area contributed by atoms with E-state index in [4.69, 9.17) is 4.74 Å². The van der Waals surface area contributed by atoms with Crippen LogP contribution in [0.1, 0.15) is 59.3 Å². The first-order chi connectivity index (χ1) is 11.2. The van der Waals surface area contributed by atoms with Gasteiger partial charge in [-0.2, -0.15) is 0 Å². The van der Waals surface area contributed by atoms with Crippen molar-refractivity contribution in [2.45, 2.75) is 82.8 Å². The molecule has 0 radical (unpaired) electrons. The van der Waals surface area contributed by atoms with E-state index in [2.05, 4.69) is 30.5 Å². The van der Waals surface area contributed by atoms with Crippen molar-refractivity contribution in [2.24, 2.45) is 21.7 Å². The number of nitrogens with zero attached hydrogens (tertiary/aromatic N) is 1. The first kappa shape index (κ1) is 16.6. The van der Waals surface area contributed by atoms with Gasteiger partial charge in [0.05, 0.1) is 12.1 Å². The van der Waals surface area contributed by atoms with Gasteiger partial charge in [-0.15, -0.1) is 0 Å². The van der Waals surface area contributed by atoms with Crippen molar-refractivity contribution in [2.75, 3.05) is 0 Å². The van der Waals surface area contributed by atoms with E-state index < -0.39 is 21.4 Å². The minimum atomic E-state index is -3.44. The number of ether oxygens (including phenoxy) is 1. The van der Waals surface area contributed by atoms with Gasteiger partial charge >= 0.3 is 0 Å². The van der Waals surface area contributed by atoms with Gasteiger partial charge in [0.15, 0.2) is 0 Å². The van der Waals surface area contributed by atoms with Crippen LogP contribution in [0.25, 0.3) is 0 Å². The maximum Gasteiger partial charge on any atom is 0.299 e. The standard InChI is InChI=1S/C17H28N2O4S/c1-16(2)10-8-9-17(16,3)14(20)13(10)18-15-19-24(21,22)12-7-5-4-6-11(12)23-15/h10-14,20H,4-9H2,1-3H3,(H,18,19)/t10-,11?,12?,13+,14-,17+/m1/s1. The first-order valence-electron chi connectivity index (χ1n) is 9.11. The molecule has 6 nitrogen and oxygen atoms in total. The lowest BCUT2D eigenvalue weighted by molar-refractivity contribution is 0.00545. The zero-order valence-corrected chi connectivity index (χ0v) is 15.5. The monoisotopic (exact) mass is 356 g/mol. The molecule has 0 spiro atoms. The Labute approximate surface area is 144 Å². The molecular formula is C17H28N2O4S. The molecule has 0 aromatic heterocycles. The lowest BCUT2D eigenvalue weighted by Crippen LogP contribution is -2.55. The Balaban J connectivity index is 1.63. The fourth-order valence-electron chi connectivity index (χ4n) is 5.56. The van der Waals surface area contributed by atoms with Crippen molar-refractivity contribution in [3.05, 3.63) is 0 Å². The Morgan fingerprint density at radius 1 is 1.21 bits per heavy atom. The van der Waals surface area contributed by atoms with E-state index in [9.17, 15) is 13.5 Å². The Hall–Kier alpha value is -0.820. The molecule has 4 rings (SSSR count). The summed E-state index contributed by atoms with van der Waals surface area (Å²) in [6.07, 6.45) is 4.46. The van der Waals surface area contributed by atoms with E-state index in [0.717, 1.165) is 32.1 Å². The number of hydrogen-bond acceptors (Lipinski definition) is 5. The van der Waals surface area contributed by atoms with Crippen LogP contribution in [-0.4, -0.2) is 43.0 Å². The molecule has 6 atom stereocenters. The highest BCUT2D eigenvalue weighted by Crippen LogP contribution is 2.66. The molecule has 2 N–H and O–H groups in total. The Kier molecular flexibility index (Phi) is 3.53. The van der Waals surface area contributed by atoms with Crippen molar-refractivity contribution in [1.29, 1.82) is 0 Å². The zero-order chi connectivity index (χ0) is 17.3.